The maximum absolute atomic E-state index is 12.2. The van der Waals surface area contributed by atoms with Crippen molar-refractivity contribution in [3.8, 4) is 22.9 Å². The van der Waals surface area contributed by atoms with Crippen LogP contribution in [-0.4, -0.2) is 53.9 Å². The van der Waals surface area contributed by atoms with Gasteiger partial charge < -0.3 is 19.3 Å². The molecular weight excluding hydrogens is 470 g/mol. The zero-order valence-electron chi connectivity index (χ0n) is 19.2. The van der Waals surface area contributed by atoms with Gasteiger partial charge in [-0.3, -0.25) is 0 Å². The molecule has 35 heavy (non-hydrogen) atoms. The third kappa shape index (κ3) is 4.83. The molecule has 5 rings (SSSR count). The lowest BCUT2D eigenvalue weighted by molar-refractivity contribution is 0.0693. The van der Waals surface area contributed by atoms with Crippen molar-refractivity contribution in [2.75, 3.05) is 18.0 Å². The molecule has 4 aromatic rings. The lowest BCUT2D eigenvalue weighted by Crippen LogP contribution is -2.35. The molecule has 3 aromatic heterocycles. The van der Waals surface area contributed by atoms with E-state index in [2.05, 4.69) is 29.7 Å². The minimum Gasteiger partial charge on any atom is -0.477 e. The number of carboxylic acids is 1. The molecule has 0 spiro atoms. The lowest BCUT2D eigenvalue weighted by atomic mass is 9.96. The van der Waals surface area contributed by atoms with E-state index in [4.69, 9.17) is 9.26 Å². The highest BCUT2D eigenvalue weighted by molar-refractivity contribution is 7.03. The van der Waals surface area contributed by atoms with E-state index in [1.165, 1.54) is 17.9 Å². The first-order valence-corrected chi connectivity index (χ1v) is 12.1. The molecular formula is C23H23N7O4S. The topological polar surface area (TPSA) is 140 Å². The maximum atomic E-state index is 12.2. The van der Waals surface area contributed by atoms with Gasteiger partial charge >= 0.3 is 5.97 Å². The van der Waals surface area contributed by atoms with Crippen LogP contribution in [0.2, 0.25) is 0 Å². The Morgan fingerprint density at radius 2 is 1.97 bits per heavy atom. The predicted octanol–water partition coefficient (Wildman–Crippen LogP) is 4.38. The molecule has 0 aliphatic carbocycles. The van der Waals surface area contributed by atoms with Gasteiger partial charge in [-0.05, 0) is 48.6 Å². The van der Waals surface area contributed by atoms with Crippen LogP contribution in [0.4, 0.5) is 5.82 Å². The molecule has 1 aliphatic heterocycles. The molecule has 1 fully saturated rings. The SMILES string of the molecule is CC(C)c1noc(C2CCN(c3ncnc(Oc4ccc(-c5csnn5)cc4)c3C(=O)O)CC2)n1. The van der Waals surface area contributed by atoms with Crippen molar-refractivity contribution in [3.05, 3.63) is 53.3 Å². The third-order valence-electron chi connectivity index (χ3n) is 5.85. The maximum Gasteiger partial charge on any atom is 0.345 e. The summed E-state index contributed by atoms with van der Waals surface area (Å²) < 4.78 is 15.2. The highest BCUT2D eigenvalue weighted by Gasteiger charge is 2.30. The Morgan fingerprint density at radius 1 is 1.20 bits per heavy atom. The number of benzene rings is 1. The number of carbonyl (C=O) groups is 1. The molecule has 0 unspecified atom stereocenters. The number of rotatable bonds is 7. The normalized spacial score (nSPS) is 14.4. The van der Waals surface area contributed by atoms with Crippen molar-refractivity contribution in [2.45, 2.75) is 38.5 Å². The van der Waals surface area contributed by atoms with Gasteiger partial charge in [0.05, 0.1) is 0 Å². The molecule has 0 bridgehead atoms. The molecule has 0 atom stereocenters. The van der Waals surface area contributed by atoms with Gasteiger partial charge in [0, 0.05) is 35.9 Å². The van der Waals surface area contributed by atoms with Crippen LogP contribution in [0.1, 0.15) is 60.6 Å². The molecule has 0 saturated carbocycles. The summed E-state index contributed by atoms with van der Waals surface area (Å²) >= 11 is 1.27. The fraction of sp³-hybridized carbons (Fsp3) is 0.348. The third-order valence-corrected chi connectivity index (χ3v) is 6.35. The summed E-state index contributed by atoms with van der Waals surface area (Å²) in [5, 5.41) is 19.9. The van der Waals surface area contributed by atoms with Crippen molar-refractivity contribution in [3.63, 3.8) is 0 Å². The summed E-state index contributed by atoms with van der Waals surface area (Å²) in [7, 11) is 0. The Balaban J connectivity index is 1.33. The molecule has 1 saturated heterocycles. The predicted molar refractivity (Wildman–Crippen MR) is 127 cm³/mol. The minimum atomic E-state index is -1.15. The second kappa shape index (κ2) is 9.74. The average Bonchev–Trinajstić information content (AvgIpc) is 3.57. The lowest BCUT2D eigenvalue weighted by Gasteiger charge is -2.32. The number of piperidine rings is 1. The monoisotopic (exact) mass is 493 g/mol. The van der Waals surface area contributed by atoms with Gasteiger partial charge in [-0.2, -0.15) is 4.98 Å². The molecule has 12 heteroatoms. The largest absolute Gasteiger partial charge is 0.477 e. The van der Waals surface area contributed by atoms with Gasteiger partial charge in [-0.15, -0.1) is 5.10 Å². The molecule has 0 amide bonds. The van der Waals surface area contributed by atoms with Crippen LogP contribution in [-0.2, 0) is 0 Å². The van der Waals surface area contributed by atoms with E-state index in [0.29, 0.717) is 36.4 Å². The highest BCUT2D eigenvalue weighted by atomic mass is 32.1. The van der Waals surface area contributed by atoms with Gasteiger partial charge in [0.2, 0.25) is 11.8 Å². The van der Waals surface area contributed by atoms with Crippen molar-refractivity contribution >= 4 is 23.3 Å². The summed E-state index contributed by atoms with van der Waals surface area (Å²) in [4.78, 5) is 27.1. The molecule has 1 aliphatic rings. The number of aromatic carboxylic acids is 1. The number of nitrogens with zero attached hydrogens (tertiary/aromatic N) is 7. The van der Waals surface area contributed by atoms with Gasteiger partial charge in [-0.25, -0.2) is 14.8 Å². The Labute approximate surface area is 205 Å². The number of hydrogen-bond acceptors (Lipinski definition) is 11. The second-order valence-corrected chi connectivity index (χ2v) is 9.12. The van der Waals surface area contributed by atoms with Crippen molar-refractivity contribution in [1.82, 2.24) is 29.7 Å². The van der Waals surface area contributed by atoms with E-state index in [9.17, 15) is 9.90 Å². The van der Waals surface area contributed by atoms with E-state index in [1.807, 2.05) is 36.3 Å². The molecule has 1 N–H and O–H groups in total. The first kappa shape index (κ1) is 22.8. The molecule has 4 heterocycles. The number of anilines is 1. The van der Waals surface area contributed by atoms with Crippen molar-refractivity contribution < 1.29 is 19.2 Å². The van der Waals surface area contributed by atoms with E-state index in [0.717, 1.165) is 24.1 Å². The minimum absolute atomic E-state index is 0.00817. The van der Waals surface area contributed by atoms with Crippen LogP contribution in [0.15, 0.2) is 40.5 Å². The first-order chi connectivity index (χ1) is 17.0. The van der Waals surface area contributed by atoms with Crippen LogP contribution >= 0.6 is 11.5 Å². The zero-order valence-corrected chi connectivity index (χ0v) is 20.0. The standard InChI is InChI=1S/C23H23N7O4S/c1-13(2)19-26-21(34-28-19)15-7-9-30(10-8-15)20-18(23(31)32)22(25-12-24-20)33-16-5-3-14(4-6-16)17-11-35-29-27-17/h3-6,11-13,15H,7-10H2,1-2H3,(H,31,32). The summed E-state index contributed by atoms with van der Waals surface area (Å²) in [5.74, 6) is 1.29. The van der Waals surface area contributed by atoms with Crippen LogP contribution in [0, 0.1) is 0 Å². The molecule has 11 nitrogen and oxygen atoms in total. The van der Waals surface area contributed by atoms with Crippen LogP contribution < -0.4 is 9.64 Å². The molecule has 0 radical (unpaired) electrons. The van der Waals surface area contributed by atoms with Crippen LogP contribution in [0.25, 0.3) is 11.3 Å². The van der Waals surface area contributed by atoms with E-state index < -0.39 is 5.97 Å². The van der Waals surface area contributed by atoms with Gasteiger partial charge in [0.25, 0.3) is 0 Å². The van der Waals surface area contributed by atoms with Crippen LogP contribution in [0.3, 0.4) is 0 Å². The molecule has 180 valence electrons. The van der Waals surface area contributed by atoms with Crippen molar-refractivity contribution in [2.24, 2.45) is 0 Å². The summed E-state index contributed by atoms with van der Waals surface area (Å²) in [5.41, 5.74) is 1.58. The Hall–Kier alpha value is -3.93. The van der Waals surface area contributed by atoms with Crippen molar-refractivity contribution in [1.29, 1.82) is 0 Å². The fourth-order valence-electron chi connectivity index (χ4n) is 3.95. The Bertz CT molecular complexity index is 1300. The summed E-state index contributed by atoms with van der Waals surface area (Å²) in [6.07, 6.45) is 2.81. The van der Waals surface area contributed by atoms with E-state index >= 15 is 0 Å². The van der Waals surface area contributed by atoms with Gasteiger partial charge in [-0.1, -0.05) is 23.5 Å². The summed E-state index contributed by atoms with van der Waals surface area (Å²) in [6, 6.07) is 7.15. The first-order valence-electron chi connectivity index (χ1n) is 11.2. The Kier molecular flexibility index (Phi) is 6.36. The molecule has 1 aromatic carbocycles. The van der Waals surface area contributed by atoms with Gasteiger partial charge in [0.1, 0.15) is 17.8 Å². The average molecular weight is 494 g/mol. The Morgan fingerprint density at radius 3 is 2.60 bits per heavy atom. The van der Waals surface area contributed by atoms with Crippen LogP contribution in [0.5, 0.6) is 11.6 Å². The number of aromatic nitrogens is 6. The summed E-state index contributed by atoms with van der Waals surface area (Å²) in [6.45, 7) is 5.23. The highest BCUT2D eigenvalue weighted by Crippen LogP contribution is 2.34. The number of hydrogen-bond donors (Lipinski definition) is 1. The number of ether oxygens (including phenoxy) is 1. The zero-order chi connectivity index (χ0) is 24.4. The smallest absolute Gasteiger partial charge is 0.345 e. The van der Waals surface area contributed by atoms with E-state index in [-0.39, 0.29) is 23.3 Å². The quantitative estimate of drug-likeness (QED) is 0.392. The number of carboxylic acid groups (broad SMARTS) is 1. The van der Waals surface area contributed by atoms with Gasteiger partial charge in [0.15, 0.2) is 17.2 Å². The fourth-order valence-corrected chi connectivity index (χ4v) is 4.41. The second-order valence-electron chi connectivity index (χ2n) is 8.51. The van der Waals surface area contributed by atoms with E-state index in [1.54, 1.807) is 12.1 Å².